The van der Waals surface area contributed by atoms with Crippen LogP contribution < -0.4 is 4.74 Å². The average molecular weight is 346 g/mol. The molecule has 1 aromatic heterocycles. The third kappa shape index (κ3) is 4.78. The monoisotopic (exact) mass is 346 g/mol. The van der Waals surface area contributed by atoms with Crippen LogP contribution in [0.2, 0.25) is 0 Å². The van der Waals surface area contributed by atoms with Crippen molar-refractivity contribution >= 4 is 5.91 Å². The van der Waals surface area contributed by atoms with E-state index in [-0.39, 0.29) is 11.7 Å². The normalized spacial score (nSPS) is 17.5. The third-order valence-electron chi connectivity index (χ3n) is 4.54. The molecule has 0 radical (unpaired) electrons. The van der Waals surface area contributed by atoms with E-state index in [1.165, 1.54) is 12.1 Å². The number of carbonyl (C=O) groups excluding carboxylic acids is 1. The smallest absolute Gasteiger partial charge is 0.223 e. The van der Waals surface area contributed by atoms with Crippen molar-refractivity contribution < 1.29 is 13.9 Å². The summed E-state index contributed by atoms with van der Waals surface area (Å²) >= 11 is 0. The van der Waals surface area contributed by atoms with Gasteiger partial charge in [0.25, 0.3) is 0 Å². The van der Waals surface area contributed by atoms with E-state index in [0.29, 0.717) is 37.7 Å². The molecule has 25 heavy (non-hydrogen) atoms. The van der Waals surface area contributed by atoms with Crippen molar-refractivity contribution in [3.63, 3.8) is 0 Å². The van der Waals surface area contributed by atoms with E-state index >= 15 is 0 Å². The molecule has 0 N–H and O–H groups in total. The minimum absolute atomic E-state index is 0.148. The van der Waals surface area contributed by atoms with Crippen molar-refractivity contribution in [3.8, 4) is 5.75 Å². The number of nitrogens with zero attached hydrogens (tertiary/aromatic N) is 4. The quantitative estimate of drug-likeness (QED) is 0.805. The molecule has 1 aliphatic rings. The molecule has 6 nitrogen and oxygen atoms in total. The maximum Gasteiger partial charge on any atom is 0.223 e. The molecule has 1 saturated heterocycles. The Balaban J connectivity index is 1.46. The van der Waals surface area contributed by atoms with Gasteiger partial charge in [-0.2, -0.15) is 0 Å². The number of aromatic nitrogens is 3. The molecule has 2 heterocycles. The molecule has 0 bridgehead atoms. The highest BCUT2D eigenvalue weighted by molar-refractivity contribution is 5.76. The Labute approximate surface area is 146 Å². The van der Waals surface area contributed by atoms with Crippen molar-refractivity contribution in [3.05, 3.63) is 42.2 Å². The summed E-state index contributed by atoms with van der Waals surface area (Å²) in [5.74, 6) is 1.66. The molecule has 1 fully saturated rings. The lowest BCUT2D eigenvalue weighted by atomic mass is 9.98. The van der Waals surface area contributed by atoms with Crippen LogP contribution in [0.25, 0.3) is 0 Å². The number of carbonyl (C=O) groups is 1. The number of likely N-dealkylation sites (tertiary alicyclic amines) is 1. The van der Waals surface area contributed by atoms with Gasteiger partial charge in [-0.15, -0.1) is 10.2 Å². The molecule has 3 rings (SSSR count). The average Bonchev–Trinajstić information content (AvgIpc) is 3.04. The summed E-state index contributed by atoms with van der Waals surface area (Å²) in [5.41, 5.74) is 0. The second-order valence-corrected chi connectivity index (χ2v) is 6.47. The van der Waals surface area contributed by atoms with Crippen LogP contribution in [0.5, 0.6) is 5.75 Å². The lowest BCUT2D eigenvalue weighted by Gasteiger charge is -2.32. The van der Waals surface area contributed by atoms with Gasteiger partial charge in [-0.05, 0) is 37.1 Å². The minimum atomic E-state index is -0.273. The first-order chi connectivity index (χ1) is 12.1. The molecule has 1 atom stereocenters. The van der Waals surface area contributed by atoms with Gasteiger partial charge in [0, 0.05) is 38.9 Å². The molecule has 1 aliphatic heterocycles. The Morgan fingerprint density at radius 2 is 2.16 bits per heavy atom. The molecular formula is C18H23FN4O2. The number of benzene rings is 1. The first kappa shape index (κ1) is 17.4. The summed E-state index contributed by atoms with van der Waals surface area (Å²) in [6.45, 7) is 2.04. The summed E-state index contributed by atoms with van der Waals surface area (Å²) in [6, 6.07) is 6.03. The molecule has 0 saturated carbocycles. The SMILES string of the molecule is Cn1cnnc1CCC(=O)N1CCCC(COc2ccc(F)cc2)C1. The zero-order valence-electron chi connectivity index (χ0n) is 14.4. The Hall–Kier alpha value is -2.44. The van der Waals surface area contributed by atoms with Crippen LogP contribution in [-0.2, 0) is 18.3 Å². The van der Waals surface area contributed by atoms with Gasteiger partial charge < -0.3 is 14.2 Å². The van der Waals surface area contributed by atoms with Crippen molar-refractivity contribution in [1.82, 2.24) is 19.7 Å². The number of piperidine rings is 1. The Kier molecular flexibility index (Phi) is 5.63. The van der Waals surface area contributed by atoms with Gasteiger partial charge in [-0.25, -0.2) is 4.39 Å². The van der Waals surface area contributed by atoms with E-state index in [4.69, 9.17) is 4.74 Å². The summed E-state index contributed by atoms with van der Waals surface area (Å²) in [4.78, 5) is 14.4. The van der Waals surface area contributed by atoms with Crippen LogP contribution in [0.4, 0.5) is 4.39 Å². The van der Waals surface area contributed by atoms with Gasteiger partial charge >= 0.3 is 0 Å². The predicted octanol–water partition coefficient (Wildman–Crippen LogP) is 2.20. The Morgan fingerprint density at radius 1 is 1.36 bits per heavy atom. The van der Waals surface area contributed by atoms with Crippen LogP contribution in [0.15, 0.2) is 30.6 Å². The molecule has 7 heteroatoms. The second kappa shape index (κ2) is 8.09. The van der Waals surface area contributed by atoms with Crippen LogP contribution in [-0.4, -0.2) is 45.3 Å². The predicted molar refractivity (Wildman–Crippen MR) is 90.5 cm³/mol. The van der Waals surface area contributed by atoms with Crippen LogP contribution in [0.1, 0.15) is 25.1 Å². The van der Waals surface area contributed by atoms with Gasteiger partial charge in [0.1, 0.15) is 23.7 Å². The third-order valence-corrected chi connectivity index (χ3v) is 4.54. The standard InChI is InChI=1S/C18H23FN4O2/c1-22-13-20-21-17(22)8-9-18(24)23-10-2-3-14(11-23)12-25-16-6-4-15(19)5-7-16/h4-7,13-14H,2-3,8-12H2,1H3. The highest BCUT2D eigenvalue weighted by atomic mass is 19.1. The lowest BCUT2D eigenvalue weighted by Crippen LogP contribution is -2.41. The van der Waals surface area contributed by atoms with Crippen LogP contribution in [0.3, 0.4) is 0 Å². The fourth-order valence-electron chi connectivity index (χ4n) is 3.08. The van der Waals surface area contributed by atoms with Crippen molar-refractivity contribution in [2.45, 2.75) is 25.7 Å². The maximum absolute atomic E-state index is 12.9. The fraction of sp³-hybridized carbons (Fsp3) is 0.500. The van der Waals surface area contributed by atoms with E-state index < -0.39 is 0 Å². The fourth-order valence-corrected chi connectivity index (χ4v) is 3.08. The van der Waals surface area contributed by atoms with E-state index in [0.717, 1.165) is 25.2 Å². The summed E-state index contributed by atoms with van der Waals surface area (Å²) in [5, 5.41) is 7.84. The first-order valence-corrected chi connectivity index (χ1v) is 8.61. The van der Waals surface area contributed by atoms with E-state index in [1.807, 2.05) is 16.5 Å². The topological polar surface area (TPSA) is 60.2 Å². The number of rotatable bonds is 6. The number of halogens is 1. The van der Waals surface area contributed by atoms with Crippen molar-refractivity contribution in [2.24, 2.45) is 13.0 Å². The Morgan fingerprint density at radius 3 is 2.88 bits per heavy atom. The number of ether oxygens (including phenoxy) is 1. The van der Waals surface area contributed by atoms with Gasteiger partial charge in [0.2, 0.25) is 5.91 Å². The zero-order chi connectivity index (χ0) is 17.6. The van der Waals surface area contributed by atoms with Gasteiger partial charge in [0.15, 0.2) is 0 Å². The van der Waals surface area contributed by atoms with Gasteiger partial charge in [0.05, 0.1) is 6.61 Å². The highest BCUT2D eigenvalue weighted by Gasteiger charge is 2.24. The zero-order valence-corrected chi connectivity index (χ0v) is 14.4. The van der Waals surface area contributed by atoms with Gasteiger partial charge in [-0.3, -0.25) is 4.79 Å². The summed E-state index contributed by atoms with van der Waals surface area (Å²) < 4.78 is 20.5. The maximum atomic E-state index is 12.9. The molecule has 2 aromatic rings. The molecule has 1 unspecified atom stereocenters. The Bertz CT molecular complexity index is 701. The van der Waals surface area contributed by atoms with E-state index in [1.54, 1.807) is 18.5 Å². The largest absolute Gasteiger partial charge is 0.493 e. The molecule has 134 valence electrons. The van der Waals surface area contributed by atoms with Crippen molar-refractivity contribution in [2.75, 3.05) is 19.7 Å². The first-order valence-electron chi connectivity index (χ1n) is 8.61. The van der Waals surface area contributed by atoms with Crippen LogP contribution >= 0.6 is 0 Å². The molecule has 0 spiro atoms. The number of hydrogen-bond acceptors (Lipinski definition) is 4. The summed E-state index contributed by atoms with van der Waals surface area (Å²) in [6.07, 6.45) is 4.70. The summed E-state index contributed by atoms with van der Waals surface area (Å²) in [7, 11) is 1.88. The highest BCUT2D eigenvalue weighted by Crippen LogP contribution is 2.20. The molecule has 0 aliphatic carbocycles. The molecule has 1 amide bonds. The van der Waals surface area contributed by atoms with Crippen molar-refractivity contribution in [1.29, 1.82) is 0 Å². The van der Waals surface area contributed by atoms with E-state index in [2.05, 4.69) is 10.2 Å². The number of hydrogen-bond donors (Lipinski definition) is 0. The van der Waals surface area contributed by atoms with Gasteiger partial charge in [-0.1, -0.05) is 0 Å². The molecular weight excluding hydrogens is 323 g/mol. The number of amides is 1. The van der Waals surface area contributed by atoms with Crippen LogP contribution in [0, 0.1) is 11.7 Å². The number of aryl methyl sites for hydroxylation is 2. The minimum Gasteiger partial charge on any atom is -0.493 e. The second-order valence-electron chi connectivity index (χ2n) is 6.47. The molecule has 1 aromatic carbocycles. The van der Waals surface area contributed by atoms with E-state index in [9.17, 15) is 9.18 Å². The lowest BCUT2D eigenvalue weighted by molar-refractivity contribution is -0.133.